The highest BCUT2D eigenvalue weighted by atomic mass is 15.2. The van der Waals surface area contributed by atoms with Gasteiger partial charge in [0.1, 0.15) is 5.82 Å². The van der Waals surface area contributed by atoms with E-state index in [1.165, 1.54) is 5.69 Å². The molecule has 1 aliphatic rings. The summed E-state index contributed by atoms with van der Waals surface area (Å²) in [4.78, 5) is 9.19. The molecule has 1 saturated heterocycles. The second kappa shape index (κ2) is 5.87. The van der Waals surface area contributed by atoms with Gasteiger partial charge >= 0.3 is 0 Å². The first-order chi connectivity index (χ1) is 8.35. The molecule has 4 heteroatoms. The van der Waals surface area contributed by atoms with E-state index in [0.717, 1.165) is 45.1 Å². The summed E-state index contributed by atoms with van der Waals surface area (Å²) < 4.78 is 0. The number of aromatic nitrogens is 1. The van der Waals surface area contributed by atoms with E-state index in [-0.39, 0.29) is 0 Å². The van der Waals surface area contributed by atoms with Gasteiger partial charge in [-0.3, -0.25) is 0 Å². The van der Waals surface area contributed by atoms with E-state index >= 15 is 0 Å². The fourth-order valence-electron chi connectivity index (χ4n) is 2.26. The maximum absolute atomic E-state index is 4.49. The molecule has 0 saturated carbocycles. The molecule has 17 heavy (non-hydrogen) atoms. The van der Waals surface area contributed by atoms with Crippen molar-refractivity contribution in [1.82, 2.24) is 10.3 Å². The van der Waals surface area contributed by atoms with Crippen LogP contribution in [0, 0.1) is 0 Å². The van der Waals surface area contributed by atoms with Crippen LogP contribution >= 0.6 is 0 Å². The molecule has 1 N–H and O–H groups in total. The second-order valence-electron chi connectivity index (χ2n) is 4.28. The lowest BCUT2D eigenvalue weighted by Crippen LogP contribution is -2.43. The Morgan fingerprint density at radius 1 is 1.29 bits per heavy atom. The molecule has 0 spiro atoms. The predicted octanol–water partition coefficient (Wildman–Crippen LogP) is 1.34. The Morgan fingerprint density at radius 2 is 2.00 bits per heavy atom. The average Bonchev–Trinajstić information content (AvgIpc) is 2.42. The molecule has 1 aliphatic heterocycles. The average molecular weight is 234 g/mol. The van der Waals surface area contributed by atoms with Crippen LogP contribution in [-0.2, 0) is 0 Å². The van der Waals surface area contributed by atoms with E-state index in [0.29, 0.717) is 0 Å². The van der Waals surface area contributed by atoms with Crippen molar-refractivity contribution in [2.75, 3.05) is 49.1 Å². The summed E-state index contributed by atoms with van der Waals surface area (Å²) in [5.41, 5.74) is 1.28. The molecule has 0 amide bonds. The van der Waals surface area contributed by atoms with E-state index in [1.807, 2.05) is 6.20 Å². The topological polar surface area (TPSA) is 31.4 Å². The minimum absolute atomic E-state index is 1.04. The molecule has 94 valence electrons. The molecular weight excluding hydrogens is 212 g/mol. The Morgan fingerprint density at radius 3 is 2.65 bits per heavy atom. The second-order valence-corrected chi connectivity index (χ2v) is 4.28. The van der Waals surface area contributed by atoms with Crippen molar-refractivity contribution in [2.45, 2.75) is 13.8 Å². The number of hydrogen-bond donors (Lipinski definition) is 1. The summed E-state index contributed by atoms with van der Waals surface area (Å²) in [5, 5.41) is 3.36. The van der Waals surface area contributed by atoms with Crippen LogP contribution in [0.25, 0.3) is 0 Å². The first-order valence-electron chi connectivity index (χ1n) is 6.51. The van der Waals surface area contributed by atoms with E-state index in [2.05, 4.69) is 46.1 Å². The van der Waals surface area contributed by atoms with Crippen LogP contribution < -0.4 is 15.1 Å². The standard InChI is InChI=1S/C13H22N4/c1-3-16(4-2)12-5-6-15-13(11-12)17-9-7-14-8-10-17/h5-6,11,14H,3-4,7-10H2,1-2H3. The van der Waals surface area contributed by atoms with Crippen molar-refractivity contribution >= 4 is 11.5 Å². The third-order valence-electron chi connectivity index (χ3n) is 3.30. The first-order valence-corrected chi connectivity index (χ1v) is 6.51. The normalized spacial score (nSPS) is 16.0. The molecule has 0 aliphatic carbocycles. The first kappa shape index (κ1) is 12.2. The fraction of sp³-hybridized carbons (Fsp3) is 0.615. The summed E-state index contributed by atoms with van der Waals surface area (Å²) in [6.07, 6.45) is 1.92. The molecule has 0 radical (unpaired) electrons. The van der Waals surface area contributed by atoms with Gasteiger partial charge in [0.2, 0.25) is 0 Å². The Hall–Kier alpha value is -1.29. The van der Waals surface area contributed by atoms with Gasteiger partial charge in [0.25, 0.3) is 0 Å². The van der Waals surface area contributed by atoms with Crippen molar-refractivity contribution in [2.24, 2.45) is 0 Å². The van der Waals surface area contributed by atoms with Crippen LogP contribution in [0.15, 0.2) is 18.3 Å². The Kier molecular flexibility index (Phi) is 4.20. The van der Waals surface area contributed by atoms with Crippen LogP contribution in [-0.4, -0.2) is 44.3 Å². The fourth-order valence-corrected chi connectivity index (χ4v) is 2.26. The highest BCUT2D eigenvalue weighted by Gasteiger charge is 2.12. The lowest BCUT2D eigenvalue weighted by molar-refractivity contribution is 0.585. The van der Waals surface area contributed by atoms with Gasteiger partial charge in [-0.05, 0) is 19.9 Å². The number of nitrogens with zero attached hydrogens (tertiary/aromatic N) is 3. The van der Waals surface area contributed by atoms with Gasteiger partial charge in [0, 0.05) is 57.2 Å². The molecule has 0 bridgehead atoms. The lowest BCUT2D eigenvalue weighted by atomic mass is 10.3. The van der Waals surface area contributed by atoms with Crippen molar-refractivity contribution in [3.63, 3.8) is 0 Å². The molecule has 4 nitrogen and oxygen atoms in total. The monoisotopic (exact) mass is 234 g/mol. The number of nitrogens with one attached hydrogen (secondary N) is 1. The number of pyridine rings is 1. The molecule has 1 aromatic rings. The summed E-state index contributed by atoms with van der Waals surface area (Å²) >= 11 is 0. The molecule has 1 fully saturated rings. The number of rotatable bonds is 4. The van der Waals surface area contributed by atoms with E-state index in [9.17, 15) is 0 Å². The third-order valence-corrected chi connectivity index (χ3v) is 3.30. The summed E-state index contributed by atoms with van der Waals surface area (Å²) in [7, 11) is 0. The van der Waals surface area contributed by atoms with Crippen LogP contribution in [0.4, 0.5) is 11.5 Å². The minimum atomic E-state index is 1.04. The zero-order chi connectivity index (χ0) is 12.1. The smallest absolute Gasteiger partial charge is 0.130 e. The van der Waals surface area contributed by atoms with Gasteiger partial charge in [0.05, 0.1) is 0 Å². The van der Waals surface area contributed by atoms with Crippen LogP contribution in [0.3, 0.4) is 0 Å². The number of hydrogen-bond acceptors (Lipinski definition) is 4. The van der Waals surface area contributed by atoms with Crippen LogP contribution in [0.5, 0.6) is 0 Å². The Balaban J connectivity index is 2.15. The maximum Gasteiger partial charge on any atom is 0.130 e. The minimum Gasteiger partial charge on any atom is -0.372 e. The van der Waals surface area contributed by atoms with Gasteiger partial charge in [-0.25, -0.2) is 4.98 Å². The molecule has 2 heterocycles. The Labute approximate surface area is 104 Å². The molecule has 0 aromatic carbocycles. The van der Waals surface area contributed by atoms with Crippen LogP contribution in [0.2, 0.25) is 0 Å². The molecule has 1 aromatic heterocycles. The van der Waals surface area contributed by atoms with Gasteiger partial charge in [-0.2, -0.15) is 0 Å². The van der Waals surface area contributed by atoms with E-state index < -0.39 is 0 Å². The summed E-state index contributed by atoms with van der Waals surface area (Å²) in [5.74, 6) is 1.11. The Bertz CT molecular complexity index is 343. The lowest BCUT2D eigenvalue weighted by Gasteiger charge is -2.29. The van der Waals surface area contributed by atoms with Gasteiger partial charge in [0.15, 0.2) is 0 Å². The zero-order valence-electron chi connectivity index (χ0n) is 10.8. The third kappa shape index (κ3) is 2.88. The van der Waals surface area contributed by atoms with Crippen molar-refractivity contribution in [1.29, 1.82) is 0 Å². The van der Waals surface area contributed by atoms with Gasteiger partial charge in [-0.1, -0.05) is 0 Å². The van der Waals surface area contributed by atoms with Crippen molar-refractivity contribution in [3.8, 4) is 0 Å². The molecule has 0 unspecified atom stereocenters. The summed E-state index contributed by atoms with van der Waals surface area (Å²) in [6.45, 7) is 10.7. The SMILES string of the molecule is CCN(CC)c1ccnc(N2CCNCC2)c1. The molecular formula is C13H22N4. The van der Waals surface area contributed by atoms with E-state index in [1.54, 1.807) is 0 Å². The highest BCUT2D eigenvalue weighted by Crippen LogP contribution is 2.20. The number of piperazine rings is 1. The van der Waals surface area contributed by atoms with Gasteiger partial charge < -0.3 is 15.1 Å². The van der Waals surface area contributed by atoms with Crippen molar-refractivity contribution < 1.29 is 0 Å². The van der Waals surface area contributed by atoms with Crippen LogP contribution in [0.1, 0.15) is 13.8 Å². The van der Waals surface area contributed by atoms with Crippen molar-refractivity contribution in [3.05, 3.63) is 18.3 Å². The predicted molar refractivity (Wildman–Crippen MR) is 72.9 cm³/mol. The molecule has 2 rings (SSSR count). The highest BCUT2D eigenvalue weighted by molar-refractivity contribution is 5.55. The van der Waals surface area contributed by atoms with Gasteiger partial charge in [-0.15, -0.1) is 0 Å². The maximum atomic E-state index is 4.49. The largest absolute Gasteiger partial charge is 0.372 e. The van der Waals surface area contributed by atoms with E-state index in [4.69, 9.17) is 0 Å². The number of anilines is 2. The molecule has 0 atom stereocenters. The summed E-state index contributed by atoms with van der Waals surface area (Å²) in [6, 6.07) is 4.30. The quantitative estimate of drug-likeness (QED) is 0.852. The zero-order valence-corrected chi connectivity index (χ0v) is 10.8.